The fraction of sp³-hybridized carbons (Fsp3) is 0.579. The summed E-state index contributed by atoms with van der Waals surface area (Å²) in [5.74, 6) is 0.811. The molecule has 0 amide bonds. The van der Waals surface area contributed by atoms with Crippen LogP contribution >= 0.6 is 23.1 Å². The van der Waals surface area contributed by atoms with Crippen LogP contribution in [-0.4, -0.2) is 70.1 Å². The monoisotopic (exact) mass is 471 g/mol. The van der Waals surface area contributed by atoms with E-state index >= 15 is 0 Å². The molecule has 0 unspecified atom stereocenters. The second-order valence-electron chi connectivity index (χ2n) is 7.41. The summed E-state index contributed by atoms with van der Waals surface area (Å²) in [5.41, 5.74) is 0. The summed E-state index contributed by atoms with van der Waals surface area (Å²) in [4.78, 5) is 33.0. The number of hydrogen-bond donors (Lipinski definition) is 1. The van der Waals surface area contributed by atoms with Gasteiger partial charge in [-0.3, -0.25) is 0 Å². The van der Waals surface area contributed by atoms with Crippen molar-refractivity contribution in [1.82, 2.24) is 4.90 Å². The van der Waals surface area contributed by atoms with Crippen LogP contribution in [0.1, 0.15) is 23.6 Å². The Morgan fingerprint density at radius 3 is 2.42 bits per heavy atom. The quantitative estimate of drug-likeness (QED) is 0.367. The van der Waals surface area contributed by atoms with Gasteiger partial charge in [0.15, 0.2) is 0 Å². The number of benzene rings is 1. The van der Waals surface area contributed by atoms with Crippen LogP contribution in [0, 0.1) is 20.2 Å². The fourth-order valence-electron chi connectivity index (χ4n) is 3.63. The third-order valence-electron chi connectivity index (χ3n) is 5.16. The smallest absolute Gasteiger partial charge is 0.294 e. The highest BCUT2D eigenvalue weighted by Crippen LogP contribution is 2.36. The molecule has 1 aromatic heterocycles. The van der Waals surface area contributed by atoms with Gasteiger partial charge in [0.1, 0.15) is 13.2 Å². The summed E-state index contributed by atoms with van der Waals surface area (Å²) in [6.07, 6.45) is 1.41. The minimum Gasteiger partial charge on any atom is -0.391 e. The first-order valence-electron chi connectivity index (χ1n) is 9.96. The van der Waals surface area contributed by atoms with Crippen LogP contribution < -0.4 is 0 Å². The highest BCUT2D eigenvalue weighted by molar-refractivity contribution is 8.00. The molecule has 1 saturated heterocycles. The van der Waals surface area contributed by atoms with E-state index in [0.717, 1.165) is 25.9 Å². The molecule has 3 rings (SSSR count). The third-order valence-corrected chi connectivity index (χ3v) is 7.76. The molecule has 10 nitrogen and oxygen atoms in total. The van der Waals surface area contributed by atoms with E-state index in [2.05, 4.69) is 44.9 Å². The van der Waals surface area contributed by atoms with E-state index in [1.165, 1.54) is 26.7 Å². The Kier molecular flexibility index (Phi) is 8.69. The standard InChI is InChI=1S/C19H25N3O7S2/c23-16(13-30-17(11-28-21(24)25)12-29-22(26)27)10-20-7-5-14(6-8-20)19-9-15-3-1-2-4-18(15)31-19/h1-4,9,14,16-17,23H,5-8,10-13H2/t16-/m0/s1. The topological polar surface area (TPSA) is 128 Å². The summed E-state index contributed by atoms with van der Waals surface area (Å²) in [7, 11) is 0. The first-order chi connectivity index (χ1) is 14.9. The van der Waals surface area contributed by atoms with Gasteiger partial charge < -0.3 is 19.7 Å². The lowest BCUT2D eigenvalue weighted by atomic mass is 9.95. The zero-order valence-corrected chi connectivity index (χ0v) is 18.5. The summed E-state index contributed by atoms with van der Waals surface area (Å²) in [6.45, 7) is 1.60. The van der Waals surface area contributed by atoms with E-state index in [-0.39, 0.29) is 19.0 Å². The largest absolute Gasteiger partial charge is 0.391 e. The maximum Gasteiger partial charge on any atom is 0.294 e. The SMILES string of the molecule is O=[N+]([O-])OCC(CO[N+](=O)[O-])SC[C@@H](O)CN1CCC(c2cc3ccccc3s2)CC1. The molecule has 2 aromatic rings. The van der Waals surface area contributed by atoms with Crippen molar-refractivity contribution in [3.05, 3.63) is 55.4 Å². The van der Waals surface area contributed by atoms with E-state index in [4.69, 9.17) is 0 Å². The van der Waals surface area contributed by atoms with Crippen LogP contribution in [0.3, 0.4) is 0 Å². The van der Waals surface area contributed by atoms with Gasteiger partial charge in [-0.05, 0) is 49.4 Å². The summed E-state index contributed by atoms with van der Waals surface area (Å²) >= 11 is 3.02. The van der Waals surface area contributed by atoms with Gasteiger partial charge in [0.05, 0.1) is 11.4 Å². The molecule has 0 aliphatic carbocycles. The molecular weight excluding hydrogens is 446 g/mol. The molecule has 0 radical (unpaired) electrons. The summed E-state index contributed by atoms with van der Waals surface area (Å²) < 4.78 is 1.31. The minimum atomic E-state index is -0.948. The normalized spacial score (nSPS) is 16.5. The van der Waals surface area contributed by atoms with Crippen LogP contribution in [0.2, 0.25) is 0 Å². The van der Waals surface area contributed by atoms with Crippen molar-refractivity contribution in [3.8, 4) is 0 Å². The molecule has 0 spiro atoms. The van der Waals surface area contributed by atoms with Crippen LogP contribution in [0.15, 0.2) is 30.3 Å². The van der Waals surface area contributed by atoms with Crippen molar-refractivity contribution in [2.24, 2.45) is 0 Å². The Bertz CT molecular complexity index is 822. The summed E-state index contributed by atoms with van der Waals surface area (Å²) in [5, 5.41) is 29.9. The Morgan fingerprint density at radius 2 is 1.81 bits per heavy atom. The van der Waals surface area contributed by atoms with Gasteiger partial charge in [-0.1, -0.05) is 18.2 Å². The predicted octanol–water partition coefficient (Wildman–Crippen LogP) is 2.96. The predicted molar refractivity (Wildman–Crippen MR) is 118 cm³/mol. The molecule has 1 aliphatic rings. The van der Waals surface area contributed by atoms with E-state index < -0.39 is 21.5 Å². The average molecular weight is 472 g/mol. The van der Waals surface area contributed by atoms with Crippen molar-refractivity contribution in [1.29, 1.82) is 0 Å². The van der Waals surface area contributed by atoms with E-state index in [9.17, 15) is 25.3 Å². The molecule has 1 N–H and O–H groups in total. The van der Waals surface area contributed by atoms with Gasteiger partial charge in [-0.2, -0.15) is 11.8 Å². The first kappa shape index (κ1) is 23.5. The average Bonchev–Trinajstić information content (AvgIpc) is 3.17. The second kappa shape index (κ2) is 11.5. The highest BCUT2D eigenvalue weighted by atomic mass is 32.2. The zero-order chi connectivity index (χ0) is 22.2. The number of thioether (sulfide) groups is 1. The van der Waals surface area contributed by atoms with Gasteiger partial charge >= 0.3 is 0 Å². The van der Waals surface area contributed by atoms with Gasteiger partial charge in [0.25, 0.3) is 10.2 Å². The number of likely N-dealkylation sites (tertiary alicyclic amines) is 1. The Labute approximate surface area is 187 Å². The Morgan fingerprint density at radius 1 is 1.16 bits per heavy atom. The number of aliphatic hydroxyl groups excluding tert-OH is 1. The zero-order valence-electron chi connectivity index (χ0n) is 16.8. The van der Waals surface area contributed by atoms with E-state index in [0.29, 0.717) is 12.5 Å². The van der Waals surface area contributed by atoms with E-state index in [1.54, 1.807) is 0 Å². The fourth-order valence-corrected chi connectivity index (χ4v) is 5.78. The van der Waals surface area contributed by atoms with Gasteiger partial charge in [0.2, 0.25) is 0 Å². The lowest BCUT2D eigenvalue weighted by molar-refractivity contribution is -0.765. The lowest BCUT2D eigenvalue weighted by Crippen LogP contribution is -2.39. The van der Waals surface area contributed by atoms with Crippen molar-refractivity contribution in [3.63, 3.8) is 0 Å². The van der Waals surface area contributed by atoms with Crippen LogP contribution in [0.5, 0.6) is 0 Å². The molecule has 12 heteroatoms. The van der Waals surface area contributed by atoms with Gasteiger partial charge in [-0.25, -0.2) is 0 Å². The van der Waals surface area contributed by atoms with Gasteiger partial charge in [-0.15, -0.1) is 31.6 Å². The first-order valence-corrected chi connectivity index (χ1v) is 11.8. The number of rotatable bonds is 12. The maximum atomic E-state index is 10.4. The van der Waals surface area contributed by atoms with Crippen molar-refractivity contribution >= 4 is 33.2 Å². The van der Waals surface area contributed by atoms with Crippen molar-refractivity contribution in [2.45, 2.75) is 30.1 Å². The lowest BCUT2D eigenvalue weighted by Gasteiger charge is -2.33. The molecule has 1 aliphatic heterocycles. The number of hydrogen-bond acceptors (Lipinski definition) is 10. The second-order valence-corrected chi connectivity index (χ2v) is 9.86. The molecule has 1 atom stereocenters. The molecule has 170 valence electrons. The number of thiophene rings is 1. The molecular formula is C19H25N3O7S2. The number of nitrogens with zero attached hydrogens (tertiary/aromatic N) is 3. The molecule has 0 bridgehead atoms. The minimum absolute atomic E-state index is 0.281. The molecule has 0 saturated carbocycles. The van der Waals surface area contributed by atoms with Crippen LogP contribution in [0.4, 0.5) is 0 Å². The summed E-state index contributed by atoms with van der Waals surface area (Å²) in [6, 6.07) is 10.7. The molecule has 31 heavy (non-hydrogen) atoms. The number of fused-ring (bicyclic) bond motifs is 1. The number of β-amino-alcohol motifs (C(OH)–C–C–N with tert-alkyl or cyclic N) is 1. The molecule has 1 fully saturated rings. The third kappa shape index (κ3) is 7.49. The van der Waals surface area contributed by atoms with Crippen LogP contribution in [0.25, 0.3) is 10.1 Å². The van der Waals surface area contributed by atoms with E-state index in [1.807, 2.05) is 11.3 Å². The van der Waals surface area contributed by atoms with Gasteiger partial charge in [0, 0.05) is 21.9 Å². The maximum absolute atomic E-state index is 10.4. The van der Waals surface area contributed by atoms with Crippen molar-refractivity contribution in [2.75, 3.05) is 38.6 Å². The molecule has 2 heterocycles. The highest BCUT2D eigenvalue weighted by Gasteiger charge is 2.24. The number of aliphatic hydroxyl groups is 1. The number of piperidine rings is 1. The Hall–Kier alpha value is -2.15. The van der Waals surface area contributed by atoms with Crippen molar-refractivity contribution < 1.29 is 25.0 Å². The molecule has 1 aromatic carbocycles. The van der Waals surface area contributed by atoms with Crippen LogP contribution in [-0.2, 0) is 9.68 Å². The Balaban J connectivity index is 1.41.